The predicted octanol–water partition coefficient (Wildman–Crippen LogP) is 3.95. The molecule has 12 heteroatoms. The van der Waals surface area contributed by atoms with Crippen molar-refractivity contribution in [2.24, 2.45) is 5.92 Å². The van der Waals surface area contributed by atoms with Gasteiger partial charge in [-0.15, -0.1) is 0 Å². The molecule has 3 aliphatic rings. The Bertz CT molecular complexity index is 1350. The van der Waals surface area contributed by atoms with Crippen molar-refractivity contribution in [2.75, 3.05) is 31.2 Å². The first-order valence-electron chi connectivity index (χ1n) is 14.6. The first kappa shape index (κ1) is 27.8. The van der Waals surface area contributed by atoms with E-state index in [2.05, 4.69) is 20.3 Å². The van der Waals surface area contributed by atoms with E-state index in [0.717, 1.165) is 25.7 Å². The molecule has 1 amide bonds. The van der Waals surface area contributed by atoms with Gasteiger partial charge >= 0.3 is 0 Å². The Morgan fingerprint density at radius 1 is 1.00 bits per heavy atom. The zero-order valence-electron chi connectivity index (χ0n) is 22.9. The third-order valence-electron chi connectivity index (χ3n) is 8.36. The first-order chi connectivity index (χ1) is 19.9. The molecule has 0 atom stereocenters. The van der Waals surface area contributed by atoms with Crippen LogP contribution in [0.4, 0.5) is 14.7 Å². The molecule has 3 fully saturated rings. The summed E-state index contributed by atoms with van der Waals surface area (Å²) in [6, 6.07) is 8.72. The summed E-state index contributed by atoms with van der Waals surface area (Å²) in [6.45, 7) is 2.20. The highest BCUT2D eigenvalue weighted by atomic mass is 19.3. The van der Waals surface area contributed by atoms with Crippen molar-refractivity contribution >= 4 is 22.9 Å². The molecule has 0 bridgehead atoms. The number of anilines is 1. The van der Waals surface area contributed by atoms with Gasteiger partial charge in [-0.3, -0.25) is 9.36 Å². The Morgan fingerprint density at radius 2 is 1.73 bits per heavy atom. The highest BCUT2D eigenvalue weighted by Crippen LogP contribution is 2.32. The molecule has 3 heterocycles. The van der Waals surface area contributed by atoms with E-state index in [9.17, 15) is 18.7 Å². The SMILES string of the molecule is O=C(NC1CCC(O)CC1)C1CCC(Oc2cc(-n3c(C(F)F)nc4ccccc43)nc(N3CCOCC3)n2)CC1. The number of alkyl halides is 2. The second kappa shape index (κ2) is 12.2. The molecular weight excluding hydrogens is 534 g/mol. The predicted molar refractivity (Wildman–Crippen MR) is 147 cm³/mol. The lowest BCUT2D eigenvalue weighted by Gasteiger charge is -2.31. The maximum Gasteiger partial charge on any atom is 0.296 e. The van der Waals surface area contributed by atoms with Crippen molar-refractivity contribution in [3.05, 3.63) is 36.2 Å². The summed E-state index contributed by atoms with van der Waals surface area (Å²) in [5.41, 5.74) is 0.984. The third kappa shape index (κ3) is 6.28. The summed E-state index contributed by atoms with van der Waals surface area (Å²) in [7, 11) is 0. The average molecular weight is 571 g/mol. The number of imidazole rings is 1. The van der Waals surface area contributed by atoms with Crippen LogP contribution < -0.4 is 15.0 Å². The van der Waals surface area contributed by atoms with E-state index in [1.807, 2.05) is 4.90 Å². The van der Waals surface area contributed by atoms with E-state index >= 15 is 0 Å². The van der Waals surface area contributed by atoms with Gasteiger partial charge in [0.2, 0.25) is 17.7 Å². The molecule has 10 nitrogen and oxygen atoms in total. The Balaban J connectivity index is 1.20. The van der Waals surface area contributed by atoms with Crippen LogP contribution >= 0.6 is 0 Å². The highest BCUT2D eigenvalue weighted by Gasteiger charge is 2.31. The summed E-state index contributed by atoms with van der Waals surface area (Å²) >= 11 is 0. The van der Waals surface area contributed by atoms with Gasteiger partial charge in [-0.05, 0) is 63.5 Å². The second-order valence-electron chi connectivity index (χ2n) is 11.2. The third-order valence-corrected chi connectivity index (χ3v) is 8.36. The zero-order valence-corrected chi connectivity index (χ0v) is 22.9. The Morgan fingerprint density at radius 3 is 2.46 bits per heavy atom. The summed E-state index contributed by atoms with van der Waals surface area (Å²) in [5.74, 6) is 0.592. The van der Waals surface area contributed by atoms with Crippen molar-refractivity contribution in [3.63, 3.8) is 0 Å². The fraction of sp³-hybridized carbons (Fsp3) is 0.586. The number of morpholine rings is 1. The largest absolute Gasteiger partial charge is 0.474 e. The van der Waals surface area contributed by atoms with Crippen LogP contribution in [0.1, 0.15) is 63.6 Å². The molecule has 41 heavy (non-hydrogen) atoms. The smallest absolute Gasteiger partial charge is 0.296 e. The molecule has 3 aromatic rings. The maximum atomic E-state index is 14.1. The lowest BCUT2D eigenvalue weighted by molar-refractivity contribution is -0.127. The fourth-order valence-electron chi connectivity index (χ4n) is 6.07. The van der Waals surface area contributed by atoms with Gasteiger partial charge in [0.15, 0.2) is 5.82 Å². The standard InChI is InChI=1S/C29H36F2N6O4/c30-26(31)27-33-22-3-1-2-4-23(22)37(27)24-17-25(35-29(34-24)36-13-15-40-16-14-36)41-21-11-5-18(6-12-21)28(39)32-19-7-9-20(38)10-8-19/h1-4,17-21,26,38H,5-16H2,(H,32,39). The number of aliphatic hydroxyl groups is 1. The molecule has 220 valence electrons. The Hall–Kier alpha value is -3.38. The lowest BCUT2D eigenvalue weighted by atomic mass is 9.86. The molecule has 1 aliphatic heterocycles. The number of hydrogen-bond donors (Lipinski definition) is 2. The fourth-order valence-corrected chi connectivity index (χ4v) is 6.07. The molecular formula is C29H36F2N6O4. The molecule has 6 rings (SSSR count). The van der Waals surface area contributed by atoms with E-state index in [0.29, 0.717) is 74.8 Å². The number of fused-ring (bicyclic) bond motifs is 1. The molecule has 0 radical (unpaired) electrons. The van der Waals surface area contributed by atoms with Crippen molar-refractivity contribution < 1.29 is 28.2 Å². The van der Waals surface area contributed by atoms with Crippen LogP contribution in [-0.2, 0) is 9.53 Å². The normalized spacial score (nSPS) is 25.4. The average Bonchev–Trinajstić information content (AvgIpc) is 3.39. The van der Waals surface area contributed by atoms with Crippen LogP contribution in [0.5, 0.6) is 5.88 Å². The molecule has 1 saturated heterocycles. The first-order valence-corrected chi connectivity index (χ1v) is 14.6. The lowest BCUT2D eigenvalue weighted by Crippen LogP contribution is -2.43. The highest BCUT2D eigenvalue weighted by molar-refractivity contribution is 5.79. The Kier molecular flexibility index (Phi) is 8.29. The number of carbonyl (C=O) groups excluding carboxylic acids is 1. The number of ether oxygens (including phenoxy) is 2. The van der Waals surface area contributed by atoms with Gasteiger partial charge in [-0.2, -0.15) is 9.97 Å². The van der Waals surface area contributed by atoms with E-state index in [4.69, 9.17) is 9.47 Å². The zero-order chi connectivity index (χ0) is 28.3. The van der Waals surface area contributed by atoms with E-state index in [1.165, 1.54) is 4.57 Å². The van der Waals surface area contributed by atoms with Crippen molar-refractivity contribution in [1.29, 1.82) is 0 Å². The van der Waals surface area contributed by atoms with Crippen LogP contribution in [-0.4, -0.2) is 75.1 Å². The van der Waals surface area contributed by atoms with Crippen LogP contribution in [0.2, 0.25) is 0 Å². The number of carbonyl (C=O) groups is 1. The number of amides is 1. The molecule has 2 N–H and O–H groups in total. The second-order valence-corrected chi connectivity index (χ2v) is 11.2. The van der Waals surface area contributed by atoms with Gasteiger partial charge in [-0.1, -0.05) is 12.1 Å². The van der Waals surface area contributed by atoms with E-state index in [1.54, 1.807) is 30.3 Å². The van der Waals surface area contributed by atoms with Crippen molar-refractivity contribution in [1.82, 2.24) is 24.8 Å². The molecule has 2 aromatic heterocycles. The van der Waals surface area contributed by atoms with Gasteiger partial charge in [-0.25, -0.2) is 13.8 Å². The molecule has 0 spiro atoms. The summed E-state index contributed by atoms with van der Waals surface area (Å²) in [4.78, 5) is 28.4. The van der Waals surface area contributed by atoms with Crippen LogP contribution in [0.3, 0.4) is 0 Å². The molecule has 2 saturated carbocycles. The monoisotopic (exact) mass is 570 g/mol. The number of nitrogens with one attached hydrogen (secondary N) is 1. The van der Waals surface area contributed by atoms with Gasteiger partial charge in [0.05, 0.1) is 30.4 Å². The quantitative estimate of drug-likeness (QED) is 0.439. The number of hydrogen-bond acceptors (Lipinski definition) is 8. The Labute approximate surface area is 237 Å². The molecule has 2 aliphatic carbocycles. The minimum Gasteiger partial charge on any atom is -0.474 e. The minimum absolute atomic E-state index is 0.0718. The number of aliphatic hydroxyl groups excluding tert-OH is 1. The number of halogens is 2. The minimum atomic E-state index is -2.80. The van der Waals surface area contributed by atoms with Crippen LogP contribution in [0.15, 0.2) is 30.3 Å². The molecule has 1 aromatic carbocycles. The van der Waals surface area contributed by atoms with Gasteiger partial charge in [0.25, 0.3) is 6.43 Å². The summed E-state index contributed by atoms with van der Waals surface area (Å²) < 4.78 is 41.4. The number of aromatic nitrogens is 4. The topological polar surface area (TPSA) is 115 Å². The van der Waals surface area contributed by atoms with Crippen molar-refractivity contribution in [3.8, 4) is 11.7 Å². The summed E-state index contributed by atoms with van der Waals surface area (Å²) in [5, 5.41) is 12.9. The van der Waals surface area contributed by atoms with Crippen molar-refractivity contribution in [2.45, 2.75) is 76.0 Å². The van der Waals surface area contributed by atoms with E-state index < -0.39 is 6.43 Å². The maximum absolute atomic E-state index is 14.1. The number of nitrogens with zero attached hydrogens (tertiary/aromatic N) is 5. The van der Waals surface area contributed by atoms with Crippen LogP contribution in [0, 0.1) is 5.92 Å². The molecule has 0 unspecified atom stereocenters. The summed E-state index contributed by atoms with van der Waals surface area (Å²) in [6.07, 6.45) is 2.64. The number of rotatable bonds is 7. The van der Waals surface area contributed by atoms with Crippen LogP contribution in [0.25, 0.3) is 16.9 Å². The van der Waals surface area contributed by atoms with E-state index in [-0.39, 0.29) is 41.7 Å². The number of para-hydroxylation sites is 2. The van der Waals surface area contributed by atoms with Gasteiger partial charge in [0.1, 0.15) is 11.9 Å². The number of benzene rings is 1. The van der Waals surface area contributed by atoms with Gasteiger partial charge < -0.3 is 24.8 Å². The van der Waals surface area contributed by atoms with Gasteiger partial charge in [0, 0.05) is 31.1 Å².